The summed E-state index contributed by atoms with van der Waals surface area (Å²) in [5.41, 5.74) is 1.01. The lowest BCUT2D eigenvalue weighted by Gasteiger charge is -2.17. The fourth-order valence-electron chi connectivity index (χ4n) is 1.88. The van der Waals surface area contributed by atoms with Gasteiger partial charge in [0.15, 0.2) is 0 Å². The van der Waals surface area contributed by atoms with E-state index in [1.54, 1.807) is 0 Å². The van der Waals surface area contributed by atoms with E-state index in [4.69, 9.17) is 16.3 Å². The van der Waals surface area contributed by atoms with Crippen LogP contribution in [0.2, 0.25) is 5.02 Å². The van der Waals surface area contributed by atoms with Gasteiger partial charge in [-0.1, -0.05) is 29.8 Å². The van der Waals surface area contributed by atoms with Crippen LogP contribution in [0.1, 0.15) is 23.5 Å². The first kappa shape index (κ1) is 16.3. The number of aliphatic hydroxyl groups is 1. The lowest BCUT2D eigenvalue weighted by Crippen LogP contribution is -2.34. The Morgan fingerprint density at radius 3 is 2.67 bits per heavy atom. The number of aliphatic hydroxyl groups excluding tert-OH is 1. The van der Waals surface area contributed by atoms with E-state index in [2.05, 4.69) is 5.32 Å². The van der Waals surface area contributed by atoms with E-state index in [-0.39, 0.29) is 6.04 Å². The van der Waals surface area contributed by atoms with E-state index in [1.807, 2.05) is 49.6 Å². The van der Waals surface area contributed by atoms with Crippen molar-refractivity contribution in [1.82, 2.24) is 5.32 Å². The molecule has 0 radical (unpaired) electrons. The minimum Gasteiger partial charge on any atom is -0.492 e. The third kappa shape index (κ3) is 4.71. The molecule has 0 bridgehead atoms. The highest BCUT2D eigenvalue weighted by Gasteiger charge is 2.16. The SMILES string of the molecule is Cc1csc(C(O)CNC(C)COc2ccccc2)c1Cl. The van der Waals surface area contributed by atoms with Gasteiger partial charge in [0.2, 0.25) is 0 Å². The summed E-state index contributed by atoms with van der Waals surface area (Å²) < 4.78 is 5.67. The van der Waals surface area contributed by atoms with Gasteiger partial charge in [0, 0.05) is 12.6 Å². The molecule has 2 aromatic rings. The molecule has 0 saturated carbocycles. The van der Waals surface area contributed by atoms with Gasteiger partial charge in [-0.25, -0.2) is 0 Å². The minimum absolute atomic E-state index is 0.139. The second-order valence-electron chi connectivity index (χ2n) is 5.05. The molecule has 0 aliphatic rings. The summed E-state index contributed by atoms with van der Waals surface area (Å²) in [6.07, 6.45) is -0.588. The molecule has 3 nitrogen and oxygen atoms in total. The van der Waals surface area contributed by atoms with E-state index >= 15 is 0 Å². The van der Waals surface area contributed by atoms with Crippen LogP contribution >= 0.6 is 22.9 Å². The summed E-state index contributed by atoms with van der Waals surface area (Å²) in [5, 5.41) is 16.1. The summed E-state index contributed by atoms with van der Waals surface area (Å²) in [7, 11) is 0. The van der Waals surface area contributed by atoms with E-state index in [0.29, 0.717) is 18.2 Å². The third-order valence-electron chi connectivity index (χ3n) is 3.13. The zero-order chi connectivity index (χ0) is 15.2. The molecule has 2 N–H and O–H groups in total. The van der Waals surface area contributed by atoms with Crippen molar-refractivity contribution in [1.29, 1.82) is 0 Å². The Labute approximate surface area is 134 Å². The first-order valence-corrected chi connectivity index (χ1v) is 8.16. The molecule has 2 rings (SSSR count). The number of para-hydroxylation sites is 1. The Balaban J connectivity index is 1.76. The average Bonchev–Trinajstić information content (AvgIpc) is 2.83. The summed E-state index contributed by atoms with van der Waals surface area (Å²) in [6.45, 7) is 4.97. The molecule has 1 heterocycles. The lowest BCUT2D eigenvalue weighted by molar-refractivity contribution is 0.167. The van der Waals surface area contributed by atoms with Crippen molar-refractivity contribution >= 4 is 22.9 Å². The smallest absolute Gasteiger partial charge is 0.119 e. The molecule has 0 aliphatic carbocycles. The fraction of sp³-hybridized carbons (Fsp3) is 0.375. The Morgan fingerprint density at radius 2 is 2.05 bits per heavy atom. The van der Waals surface area contributed by atoms with Gasteiger partial charge in [-0.05, 0) is 36.9 Å². The summed E-state index contributed by atoms with van der Waals surface area (Å²) in [4.78, 5) is 0.817. The van der Waals surface area contributed by atoms with Crippen LogP contribution in [-0.4, -0.2) is 24.3 Å². The van der Waals surface area contributed by atoms with Crippen LogP contribution in [-0.2, 0) is 0 Å². The molecule has 0 saturated heterocycles. The molecule has 2 unspecified atom stereocenters. The van der Waals surface area contributed by atoms with Crippen molar-refractivity contribution in [3.05, 3.63) is 51.2 Å². The highest BCUT2D eigenvalue weighted by atomic mass is 35.5. The molecule has 5 heteroatoms. The van der Waals surface area contributed by atoms with Crippen molar-refractivity contribution in [2.75, 3.05) is 13.2 Å². The van der Waals surface area contributed by atoms with E-state index in [0.717, 1.165) is 16.2 Å². The van der Waals surface area contributed by atoms with Crippen molar-refractivity contribution in [3.63, 3.8) is 0 Å². The topological polar surface area (TPSA) is 41.5 Å². The molecule has 114 valence electrons. The molecule has 1 aromatic carbocycles. The predicted octanol–water partition coefficient (Wildman–Crippen LogP) is 3.80. The quantitative estimate of drug-likeness (QED) is 0.813. The summed E-state index contributed by atoms with van der Waals surface area (Å²) in [6, 6.07) is 9.83. The van der Waals surface area contributed by atoms with Crippen molar-refractivity contribution < 1.29 is 9.84 Å². The van der Waals surface area contributed by atoms with Gasteiger partial charge in [0.1, 0.15) is 18.5 Å². The second-order valence-corrected chi connectivity index (χ2v) is 6.34. The Bertz CT molecular complexity index is 559. The van der Waals surface area contributed by atoms with Gasteiger partial charge in [-0.2, -0.15) is 0 Å². The number of ether oxygens (including phenoxy) is 1. The largest absolute Gasteiger partial charge is 0.492 e. The van der Waals surface area contributed by atoms with Crippen LogP contribution < -0.4 is 10.1 Å². The molecule has 21 heavy (non-hydrogen) atoms. The standard InChI is InChI=1S/C16H20ClNO2S/c1-11-10-21-16(15(11)17)14(19)8-18-12(2)9-20-13-6-4-3-5-7-13/h3-7,10,12,14,18-19H,8-9H2,1-2H3. The number of hydrogen-bond donors (Lipinski definition) is 2. The van der Waals surface area contributed by atoms with Gasteiger partial charge in [-0.15, -0.1) is 11.3 Å². The Kier molecular flexibility index (Phi) is 6.06. The van der Waals surface area contributed by atoms with Crippen LogP contribution in [0.3, 0.4) is 0 Å². The number of thiophene rings is 1. The average molecular weight is 326 g/mol. The van der Waals surface area contributed by atoms with Crippen molar-refractivity contribution in [2.45, 2.75) is 26.0 Å². The maximum Gasteiger partial charge on any atom is 0.119 e. The predicted molar refractivity (Wildman–Crippen MR) is 88.4 cm³/mol. The zero-order valence-electron chi connectivity index (χ0n) is 12.2. The molecule has 0 amide bonds. The van der Waals surface area contributed by atoms with Crippen LogP contribution in [0.5, 0.6) is 5.75 Å². The van der Waals surface area contributed by atoms with Gasteiger partial charge < -0.3 is 15.2 Å². The molecular formula is C16H20ClNO2S. The summed E-state index contributed by atoms with van der Waals surface area (Å²) in [5.74, 6) is 0.851. The van der Waals surface area contributed by atoms with Crippen LogP contribution in [0.25, 0.3) is 0 Å². The Morgan fingerprint density at radius 1 is 1.33 bits per heavy atom. The molecule has 0 aliphatic heterocycles. The maximum atomic E-state index is 10.2. The van der Waals surface area contributed by atoms with Gasteiger partial charge in [0.25, 0.3) is 0 Å². The first-order chi connectivity index (χ1) is 10.1. The second kappa shape index (κ2) is 7.80. The lowest BCUT2D eigenvalue weighted by atomic mass is 10.2. The highest BCUT2D eigenvalue weighted by Crippen LogP contribution is 2.32. The third-order valence-corrected chi connectivity index (χ3v) is 4.95. The molecule has 1 aromatic heterocycles. The van der Waals surface area contributed by atoms with Gasteiger partial charge >= 0.3 is 0 Å². The molecule has 2 atom stereocenters. The molecule has 0 spiro atoms. The van der Waals surface area contributed by atoms with E-state index in [1.165, 1.54) is 11.3 Å². The number of hydrogen-bond acceptors (Lipinski definition) is 4. The first-order valence-electron chi connectivity index (χ1n) is 6.90. The van der Waals surface area contributed by atoms with Crippen LogP contribution in [0.4, 0.5) is 0 Å². The molecular weight excluding hydrogens is 306 g/mol. The number of benzene rings is 1. The number of nitrogens with one attached hydrogen (secondary N) is 1. The van der Waals surface area contributed by atoms with Crippen LogP contribution in [0.15, 0.2) is 35.7 Å². The Hall–Kier alpha value is -1.07. The van der Waals surface area contributed by atoms with Crippen LogP contribution in [0, 0.1) is 6.92 Å². The minimum atomic E-state index is -0.588. The van der Waals surface area contributed by atoms with Crippen molar-refractivity contribution in [3.8, 4) is 5.75 Å². The van der Waals surface area contributed by atoms with E-state index in [9.17, 15) is 5.11 Å². The van der Waals surface area contributed by atoms with Gasteiger partial charge in [0.05, 0.1) is 9.90 Å². The van der Waals surface area contributed by atoms with E-state index < -0.39 is 6.10 Å². The number of rotatable bonds is 7. The number of halogens is 1. The maximum absolute atomic E-state index is 10.2. The number of aryl methyl sites for hydroxylation is 1. The zero-order valence-corrected chi connectivity index (χ0v) is 13.7. The highest BCUT2D eigenvalue weighted by molar-refractivity contribution is 7.10. The normalized spacial score (nSPS) is 13.9. The fourth-order valence-corrected chi connectivity index (χ4v) is 3.18. The van der Waals surface area contributed by atoms with Crippen molar-refractivity contribution in [2.24, 2.45) is 0 Å². The monoisotopic (exact) mass is 325 g/mol. The van der Waals surface area contributed by atoms with Gasteiger partial charge in [-0.3, -0.25) is 0 Å². The summed E-state index contributed by atoms with van der Waals surface area (Å²) >= 11 is 7.65. The molecule has 0 fully saturated rings.